The molecule has 1 saturated carbocycles. The first-order valence-corrected chi connectivity index (χ1v) is 6.77. The van der Waals surface area contributed by atoms with Crippen LogP contribution >= 0.6 is 0 Å². The van der Waals surface area contributed by atoms with Crippen molar-refractivity contribution in [3.05, 3.63) is 23.8 Å². The van der Waals surface area contributed by atoms with Crippen molar-refractivity contribution in [3.63, 3.8) is 0 Å². The molecule has 4 heteroatoms. The molecule has 1 N–H and O–H groups in total. The van der Waals surface area contributed by atoms with Crippen LogP contribution < -0.4 is 4.74 Å². The summed E-state index contributed by atoms with van der Waals surface area (Å²) in [5, 5.41) is 9.85. The number of phenolic OH excluding ortho intramolecular Hbond substituents is 1. The summed E-state index contributed by atoms with van der Waals surface area (Å²) in [6, 6.07) is 5.02. The maximum absolute atomic E-state index is 12.4. The molecule has 19 heavy (non-hydrogen) atoms. The van der Waals surface area contributed by atoms with Crippen molar-refractivity contribution in [3.8, 4) is 11.5 Å². The molecule has 104 valence electrons. The lowest BCUT2D eigenvalue weighted by atomic mass is 9.94. The van der Waals surface area contributed by atoms with E-state index in [-0.39, 0.29) is 17.7 Å². The van der Waals surface area contributed by atoms with Gasteiger partial charge in [-0.3, -0.25) is 4.79 Å². The van der Waals surface area contributed by atoms with Crippen molar-refractivity contribution < 1.29 is 14.6 Å². The highest BCUT2D eigenvalue weighted by molar-refractivity contribution is 5.97. The first-order valence-electron chi connectivity index (χ1n) is 6.77. The first-order chi connectivity index (χ1) is 9.13. The third-order valence-corrected chi connectivity index (χ3v) is 3.88. The minimum atomic E-state index is -0.136. The van der Waals surface area contributed by atoms with Crippen LogP contribution in [-0.2, 0) is 0 Å². The van der Waals surface area contributed by atoms with Crippen LogP contribution in [0.15, 0.2) is 18.2 Å². The number of carbonyl (C=O) groups is 1. The van der Waals surface area contributed by atoms with Gasteiger partial charge in [0.2, 0.25) is 0 Å². The second-order valence-electron chi connectivity index (χ2n) is 5.09. The van der Waals surface area contributed by atoms with E-state index in [0.29, 0.717) is 11.3 Å². The van der Waals surface area contributed by atoms with Crippen LogP contribution in [0.4, 0.5) is 0 Å². The molecule has 1 aromatic rings. The van der Waals surface area contributed by atoms with Crippen molar-refractivity contribution >= 4 is 5.91 Å². The van der Waals surface area contributed by atoms with E-state index in [1.165, 1.54) is 25.3 Å². The molecular weight excluding hydrogens is 242 g/mol. The fraction of sp³-hybridized carbons (Fsp3) is 0.533. The fourth-order valence-electron chi connectivity index (χ4n) is 2.64. The summed E-state index contributed by atoms with van der Waals surface area (Å²) in [7, 11) is 3.36. The van der Waals surface area contributed by atoms with Crippen molar-refractivity contribution in [2.45, 2.75) is 38.1 Å². The smallest absolute Gasteiger partial charge is 0.257 e. The van der Waals surface area contributed by atoms with Crippen molar-refractivity contribution in [2.75, 3.05) is 14.2 Å². The van der Waals surface area contributed by atoms with Crippen LogP contribution in [0.5, 0.6) is 11.5 Å². The molecule has 0 spiro atoms. The Hall–Kier alpha value is -1.71. The van der Waals surface area contributed by atoms with Crippen LogP contribution in [-0.4, -0.2) is 36.1 Å². The predicted molar refractivity (Wildman–Crippen MR) is 73.6 cm³/mol. The van der Waals surface area contributed by atoms with Gasteiger partial charge < -0.3 is 14.7 Å². The number of ether oxygens (including phenoxy) is 1. The Labute approximate surface area is 114 Å². The number of methoxy groups -OCH3 is 1. The molecule has 0 radical (unpaired) electrons. The number of amides is 1. The molecule has 0 atom stereocenters. The molecule has 2 rings (SSSR count). The van der Waals surface area contributed by atoms with Gasteiger partial charge in [-0.05, 0) is 31.0 Å². The number of aromatic hydroxyl groups is 1. The highest BCUT2D eigenvalue weighted by Crippen LogP contribution is 2.27. The maximum Gasteiger partial charge on any atom is 0.257 e. The minimum Gasteiger partial charge on any atom is -0.507 e. The topological polar surface area (TPSA) is 49.8 Å². The van der Waals surface area contributed by atoms with Gasteiger partial charge in [0.15, 0.2) is 0 Å². The van der Waals surface area contributed by atoms with Crippen molar-refractivity contribution in [1.82, 2.24) is 4.90 Å². The maximum atomic E-state index is 12.4. The van der Waals surface area contributed by atoms with E-state index in [4.69, 9.17) is 4.74 Å². The molecule has 0 aliphatic heterocycles. The largest absolute Gasteiger partial charge is 0.507 e. The fourth-order valence-corrected chi connectivity index (χ4v) is 2.64. The van der Waals surface area contributed by atoms with Gasteiger partial charge in [-0.2, -0.15) is 0 Å². The van der Waals surface area contributed by atoms with E-state index in [9.17, 15) is 9.90 Å². The number of benzene rings is 1. The Balaban J connectivity index is 2.18. The van der Waals surface area contributed by atoms with Crippen LogP contribution in [0.1, 0.15) is 42.5 Å². The van der Waals surface area contributed by atoms with E-state index < -0.39 is 0 Å². The highest BCUT2D eigenvalue weighted by atomic mass is 16.5. The van der Waals surface area contributed by atoms with Crippen LogP contribution in [0.25, 0.3) is 0 Å². The number of hydrogen-bond donors (Lipinski definition) is 1. The standard InChI is InChI=1S/C15H21NO3/c1-16(11-6-4-3-5-7-11)15(18)13-10-12(19-2)8-9-14(13)17/h8-11,17H,3-7H2,1-2H3. The first kappa shape index (κ1) is 13.7. The minimum absolute atomic E-state index is 0.00783. The monoisotopic (exact) mass is 263 g/mol. The molecule has 1 aliphatic carbocycles. The Morgan fingerprint density at radius 3 is 2.63 bits per heavy atom. The van der Waals surface area contributed by atoms with Gasteiger partial charge in [0.25, 0.3) is 5.91 Å². The summed E-state index contributed by atoms with van der Waals surface area (Å²) in [5.41, 5.74) is 0.312. The van der Waals surface area contributed by atoms with Crippen LogP contribution in [0, 0.1) is 0 Å². The SMILES string of the molecule is COc1ccc(O)c(C(=O)N(C)C2CCCCC2)c1. The molecule has 0 aromatic heterocycles. The summed E-state index contributed by atoms with van der Waals surface area (Å²) < 4.78 is 5.10. The number of hydrogen-bond acceptors (Lipinski definition) is 3. The van der Waals surface area contributed by atoms with Gasteiger partial charge in [-0.25, -0.2) is 0 Å². The van der Waals surface area contributed by atoms with Crippen LogP contribution in [0.2, 0.25) is 0 Å². The molecule has 4 nitrogen and oxygen atoms in total. The van der Waals surface area contributed by atoms with Crippen molar-refractivity contribution in [2.24, 2.45) is 0 Å². The van der Waals surface area contributed by atoms with Crippen molar-refractivity contribution in [1.29, 1.82) is 0 Å². The molecule has 1 aliphatic rings. The number of rotatable bonds is 3. The zero-order chi connectivity index (χ0) is 13.8. The van der Waals surface area contributed by atoms with E-state index in [0.717, 1.165) is 12.8 Å². The zero-order valence-electron chi connectivity index (χ0n) is 11.6. The quantitative estimate of drug-likeness (QED) is 0.912. The average molecular weight is 263 g/mol. The van der Waals surface area contributed by atoms with Gasteiger partial charge in [0.05, 0.1) is 12.7 Å². The zero-order valence-corrected chi connectivity index (χ0v) is 11.6. The van der Waals surface area contributed by atoms with Crippen LogP contribution in [0.3, 0.4) is 0 Å². The highest BCUT2D eigenvalue weighted by Gasteiger charge is 2.24. The molecular formula is C15H21NO3. The summed E-state index contributed by atoms with van der Waals surface area (Å²) in [5.74, 6) is 0.454. The number of carbonyl (C=O) groups excluding carboxylic acids is 1. The third kappa shape index (κ3) is 3.00. The summed E-state index contributed by atoms with van der Waals surface area (Å²) >= 11 is 0. The van der Waals surface area contributed by atoms with Gasteiger partial charge in [0.1, 0.15) is 11.5 Å². The molecule has 0 bridgehead atoms. The predicted octanol–water partition coefficient (Wildman–Crippen LogP) is 2.81. The molecule has 0 unspecified atom stereocenters. The Bertz CT molecular complexity index is 453. The molecule has 1 aromatic carbocycles. The van der Waals surface area contributed by atoms with Gasteiger partial charge >= 0.3 is 0 Å². The Morgan fingerprint density at radius 2 is 2.00 bits per heavy atom. The van der Waals surface area contributed by atoms with Gasteiger partial charge in [-0.15, -0.1) is 0 Å². The molecule has 1 fully saturated rings. The second-order valence-corrected chi connectivity index (χ2v) is 5.09. The summed E-state index contributed by atoms with van der Waals surface area (Å²) in [6.45, 7) is 0. The lowest BCUT2D eigenvalue weighted by molar-refractivity contribution is 0.0693. The van der Waals surface area contributed by atoms with E-state index in [2.05, 4.69) is 0 Å². The molecule has 1 amide bonds. The van der Waals surface area contributed by atoms with E-state index in [1.807, 2.05) is 7.05 Å². The van der Waals surface area contributed by atoms with E-state index >= 15 is 0 Å². The summed E-state index contributed by atoms with van der Waals surface area (Å²) in [6.07, 6.45) is 5.70. The Morgan fingerprint density at radius 1 is 1.32 bits per heavy atom. The molecule has 0 heterocycles. The van der Waals surface area contributed by atoms with E-state index in [1.54, 1.807) is 24.1 Å². The molecule has 0 saturated heterocycles. The number of phenols is 1. The summed E-state index contributed by atoms with van der Waals surface area (Å²) in [4.78, 5) is 14.2. The lowest BCUT2D eigenvalue weighted by Gasteiger charge is -2.31. The van der Waals surface area contributed by atoms with Gasteiger partial charge in [-0.1, -0.05) is 19.3 Å². The third-order valence-electron chi connectivity index (χ3n) is 3.88. The lowest BCUT2D eigenvalue weighted by Crippen LogP contribution is -2.38. The Kier molecular flexibility index (Phi) is 4.30. The number of nitrogens with zero attached hydrogens (tertiary/aromatic N) is 1. The normalized spacial score (nSPS) is 16.1. The van der Waals surface area contributed by atoms with Gasteiger partial charge in [0, 0.05) is 13.1 Å². The second kappa shape index (κ2) is 5.95. The average Bonchev–Trinajstić information content (AvgIpc) is 2.47.